The quantitative estimate of drug-likeness (QED) is 0.828. The number of rotatable bonds is 3. The number of benzene rings is 1. The molecule has 6 heteroatoms. The molecule has 2 unspecified atom stereocenters. The summed E-state index contributed by atoms with van der Waals surface area (Å²) in [5.41, 5.74) is 6.28. The Bertz CT molecular complexity index is 561. The van der Waals surface area contributed by atoms with Crippen molar-refractivity contribution in [3.05, 3.63) is 23.8 Å². The Balaban J connectivity index is 1.71. The van der Waals surface area contributed by atoms with Gasteiger partial charge in [-0.3, -0.25) is 4.79 Å². The van der Waals surface area contributed by atoms with Crippen LogP contribution >= 0.6 is 12.2 Å². The second-order valence-electron chi connectivity index (χ2n) is 5.09. The lowest BCUT2D eigenvalue weighted by molar-refractivity contribution is 0.0933. The van der Waals surface area contributed by atoms with E-state index in [-0.39, 0.29) is 24.7 Å². The second kappa shape index (κ2) is 5.28. The van der Waals surface area contributed by atoms with Crippen LogP contribution in [-0.2, 0) is 0 Å². The molecule has 1 fully saturated rings. The highest BCUT2D eigenvalue weighted by atomic mass is 32.1. The molecule has 1 aromatic rings. The van der Waals surface area contributed by atoms with Crippen molar-refractivity contribution in [3.63, 3.8) is 0 Å². The van der Waals surface area contributed by atoms with Crippen LogP contribution in [0.15, 0.2) is 18.2 Å². The molecule has 0 aromatic heterocycles. The van der Waals surface area contributed by atoms with Crippen LogP contribution in [0.25, 0.3) is 0 Å². The summed E-state index contributed by atoms with van der Waals surface area (Å²) in [4.78, 5) is 12.8. The molecule has 3 N–H and O–H groups in total. The minimum Gasteiger partial charge on any atom is -0.454 e. The summed E-state index contributed by atoms with van der Waals surface area (Å²) in [6.07, 6.45) is 2.90. The SMILES string of the molecule is NC(=S)C1CCCC1NC(=O)c1ccc2c(c1)OCO2. The first kappa shape index (κ1) is 13.2. The van der Waals surface area contributed by atoms with Gasteiger partial charge >= 0.3 is 0 Å². The van der Waals surface area contributed by atoms with Crippen LogP contribution in [-0.4, -0.2) is 23.7 Å². The molecule has 3 rings (SSSR count). The van der Waals surface area contributed by atoms with Gasteiger partial charge in [-0.2, -0.15) is 0 Å². The predicted molar refractivity (Wildman–Crippen MR) is 77.9 cm³/mol. The van der Waals surface area contributed by atoms with Gasteiger partial charge in [0.2, 0.25) is 6.79 Å². The summed E-state index contributed by atoms with van der Waals surface area (Å²) in [5, 5.41) is 3.01. The van der Waals surface area contributed by atoms with Crippen LogP contribution < -0.4 is 20.5 Å². The highest BCUT2D eigenvalue weighted by Gasteiger charge is 2.31. The fraction of sp³-hybridized carbons (Fsp3) is 0.429. The topological polar surface area (TPSA) is 73.6 Å². The van der Waals surface area contributed by atoms with Crippen molar-refractivity contribution in [1.82, 2.24) is 5.32 Å². The Morgan fingerprint density at radius 1 is 1.30 bits per heavy atom. The minimum atomic E-state index is -0.128. The fourth-order valence-corrected chi connectivity index (χ4v) is 3.04. The highest BCUT2D eigenvalue weighted by Crippen LogP contribution is 2.33. The van der Waals surface area contributed by atoms with Crippen LogP contribution in [0.5, 0.6) is 11.5 Å². The maximum Gasteiger partial charge on any atom is 0.251 e. The molecule has 1 aromatic carbocycles. The fourth-order valence-electron chi connectivity index (χ4n) is 2.76. The predicted octanol–water partition coefficient (Wildman–Crippen LogP) is 1.60. The Labute approximate surface area is 122 Å². The lowest BCUT2D eigenvalue weighted by Gasteiger charge is -2.20. The number of nitrogens with one attached hydrogen (secondary N) is 1. The molecule has 20 heavy (non-hydrogen) atoms. The van der Waals surface area contributed by atoms with Crippen molar-refractivity contribution in [2.24, 2.45) is 11.7 Å². The molecule has 5 nitrogen and oxygen atoms in total. The smallest absolute Gasteiger partial charge is 0.251 e. The maximum absolute atomic E-state index is 12.3. The Hall–Kier alpha value is -1.82. The van der Waals surface area contributed by atoms with Crippen molar-refractivity contribution < 1.29 is 14.3 Å². The first-order valence-corrected chi connectivity index (χ1v) is 7.06. The molecule has 0 spiro atoms. The van der Waals surface area contributed by atoms with Gasteiger partial charge in [-0.05, 0) is 31.0 Å². The molecule has 0 bridgehead atoms. The van der Waals surface area contributed by atoms with E-state index in [2.05, 4.69) is 5.32 Å². The monoisotopic (exact) mass is 292 g/mol. The van der Waals surface area contributed by atoms with E-state index in [1.165, 1.54) is 0 Å². The maximum atomic E-state index is 12.3. The molecule has 0 radical (unpaired) electrons. The van der Waals surface area contributed by atoms with E-state index >= 15 is 0 Å². The third-order valence-corrected chi connectivity index (χ3v) is 4.14. The van der Waals surface area contributed by atoms with Crippen molar-refractivity contribution >= 4 is 23.1 Å². The standard InChI is InChI=1S/C14H16N2O3S/c15-13(20)9-2-1-3-10(9)16-14(17)8-4-5-11-12(6-8)19-7-18-11/h4-6,9-10H,1-3,7H2,(H2,15,20)(H,16,17). The summed E-state index contributed by atoms with van der Waals surface area (Å²) in [6.45, 7) is 0.201. The summed E-state index contributed by atoms with van der Waals surface area (Å²) in [5.74, 6) is 1.25. The number of thiocarbonyl (C=S) groups is 1. The zero-order valence-electron chi connectivity index (χ0n) is 10.9. The molecule has 2 aliphatic rings. The van der Waals surface area contributed by atoms with E-state index in [4.69, 9.17) is 27.4 Å². The number of carbonyl (C=O) groups excluding carboxylic acids is 1. The van der Waals surface area contributed by atoms with E-state index in [9.17, 15) is 4.79 Å². The highest BCUT2D eigenvalue weighted by molar-refractivity contribution is 7.80. The van der Waals surface area contributed by atoms with Gasteiger partial charge in [0, 0.05) is 17.5 Å². The molecule has 1 amide bonds. The van der Waals surface area contributed by atoms with Crippen molar-refractivity contribution in [1.29, 1.82) is 0 Å². The summed E-state index contributed by atoms with van der Waals surface area (Å²) < 4.78 is 10.5. The first-order valence-electron chi connectivity index (χ1n) is 6.65. The zero-order valence-corrected chi connectivity index (χ0v) is 11.7. The lowest BCUT2D eigenvalue weighted by Crippen LogP contribution is -2.41. The van der Waals surface area contributed by atoms with Gasteiger partial charge in [0.15, 0.2) is 11.5 Å². The van der Waals surface area contributed by atoms with Gasteiger partial charge < -0.3 is 20.5 Å². The summed E-state index contributed by atoms with van der Waals surface area (Å²) in [6, 6.07) is 5.21. The van der Waals surface area contributed by atoms with Gasteiger partial charge in [-0.25, -0.2) is 0 Å². The van der Waals surface area contributed by atoms with Gasteiger partial charge in [0.1, 0.15) is 0 Å². The lowest BCUT2D eigenvalue weighted by atomic mass is 10.0. The molecular formula is C14H16N2O3S. The van der Waals surface area contributed by atoms with Crippen LogP contribution in [0.2, 0.25) is 0 Å². The van der Waals surface area contributed by atoms with Crippen molar-refractivity contribution in [2.75, 3.05) is 6.79 Å². The van der Waals surface area contributed by atoms with E-state index in [0.29, 0.717) is 22.1 Å². The number of ether oxygens (including phenoxy) is 2. The number of hydrogen-bond acceptors (Lipinski definition) is 4. The molecule has 1 aliphatic carbocycles. The normalized spacial score (nSPS) is 23.6. The van der Waals surface area contributed by atoms with Crippen molar-refractivity contribution in [2.45, 2.75) is 25.3 Å². The third-order valence-electron chi connectivity index (χ3n) is 3.83. The van der Waals surface area contributed by atoms with Crippen molar-refractivity contribution in [3.8, 4) is 11.5 Å². The summed E-state index contributed by atoms with van der Waals surface area (Å²) >= 11 is 5.06. The second-order valence-corrected chi connectivity index (χ2v) is 5.56. The first-order chi connectivity index (χ1) is 9.65. The largest absolute Gasteiger partial charge is 0.454 e. The Kier molecular flexibility index (Phi) is 3.48. The minimum absolute atomic E-state index is 0.0328. The molecule has 2 atom stereocenters. The molecule has 1 heterocycles. The number of nitrogens with two attached hydrogens (primary N) is 1. The Morgan fingerprint density at radius 2 is 2.10 bits per heavy atom. The third kappa shape index (κ3) is 2.43. The van der Waals surface area contributed by atoms with Crippen LogP contribution in [0.1, 0.15) is 29.6 Å². The number of fused-ring (bicyclic) bond motifs is 1. The number of carbonyl (C=O) groups is 1. The molecular weight excluding hydrogens is 276 g/mol. The van der Waals surface area contributed by atoms with Crippen LogP contribution in [0, 0.1) is 5.92 Å². The molecule has 106 valence electrons. The molecule has 0 saturated heterocycles. The van der Waals surface area contributed by atoms with Gasteiger partial charge in [-0.15, -0.1) is 0 Å². The zero-order chi connectivity index (χ0) is 14.1. The van der Waals surface area contributed by atoms with E-state index in [0.717, 1.165) is 19.3 Å². The molecule has 1 aliphatic heterocycles. The average Bonchev–Trinajstić information content (AvgIpc) is 3.05. The average molecular weight is 292 g/mol. The van der Waals surface area contributed by atoms with E-state index in [1.54, 1.807) is 18.2 Å². The Morgan fingerprint density at radius 3 is 2.90 bits per heavy atom. The van der Waals surface area contributed by atoms with Crippen LogP contribution in [0.4, 0.5) is 0 Å². The van der Waals surface area contributed by atoms with Gasteiger partial charge in [0.25, 0.3) is 5.91 Å². The summed E-state index contributed by atoms with van der Waals surface area (Å²) in [7, 11) is 0. The molecule has 1 saturated carbocycles. The van der Waals surface area contributed by atoms with Crippen LogP contribution in [0.3, 0.4) is 0 Å². The van der Waals surface area contributed by atoms with E-state index in [1.807, 2.05) is 0 Å². The van der Waals surface area contributed by atoms with Gasteiger partial charge in [0.05, 0.1) is 4.99 Å². The van der Waals surface area contributed by atoms with E-state index < -0.39 is 0 Å². The number of amides is 1. The number of hydrogen-bond donors (Lipinski definition) is 2. The van der Waals surface area contributed by atoms with Gasteiger partial charge in [-0.1, -0.05) is 18.6 Å².